The third kappa shape index (κ3) is 3.20. The van der Waals surface area contributed by atoms with Gasteiger partial charge >= 0.3 is 0 Å². The van der Waals surface area contributed by atoms with E-state index in [4.69, 9.17) is 16.2 Å². The van der Waals surface area contributed by atoms with Gasteiger partial charge in [-0.15, -0.1) is 0 Å². The standard InChI is InChI=1S/C15H17N3O2/c1-20-12-5-2-10(3-6-12)9-18-14-7-4-11(16)8-13(14)15(17)19/h2-8,18H,9,16H2,1H3,(H2,17,19). The zero-order chi connectivity index (χ0) is 14.5. The fourth-order valence-corrected chi connectivity index (χ4v) is 1.86. The van der Waals surface area contributed by atoms with E-state index in [1.54, 1.807) is 25.3 Å². The van der Waals surface area contributed by atoms with Gasteiger partial charge in [-0.1, -0.05) is 12.1 Å². The molecule has 0 atom stereocenters. The first kappa shape index (κ1) is 13.7. The van der Waals surface area contributed by atoms with E-state index < -0.39 is 5.91 Å². The highest BCUT2D eigenvalue weighted by Crippen LogP contribution is 2.20. The Morgan fingerprint density at radius 1 is 1.20 bits per heavy atom. The number of carbonyl (C=O) groups is 1. The first-order valence-electron chi connectivity index (χ1n) is 6.16. The molecule has 0 radical (unpaired) electrons. The molecule has 0 aliphatic carbocycles. The second-order valence-corrected chi connectivity index (χ2v) is 4.37. The number of methoxy groups -OCH3 is 1. The molecule has 5 heteroatoms. The summed E-state index contributed by atoms with van der Waals surface area (Å²) in [6.45, 7) is 0.578. The molecule has 0 unspecified atom stereocenters. The SMILES string of the molecule is COc1ccc(CNc2ccc(N)cc2C(N)=O)cc1. The van der Waals surface area contributed by atoms with Gasteiger partial charge in [-0.3, -0.25) is 4.79 Å². The van der Waals surface area contributed by atoms with Crippen molar-refractivity contribution in [3.05, 3.63) is 53.6 Å². The number of hydrogen-bond donors (Lipinski definition) is 3. The van der Waals surface area contributed by atoms with Gasteiger partial charge in [0, 0.05) is 17.9 Å². The summed E-state index contributed by atoms with van der Waals surface area (Å²) in [5, 5.41) is 3.18. The molecule has 104 valence electrons. The molecule has 1 amide bonds. The molecule has 0 saturated heterocycles. The van der Waals surface area contributed by atoms with Gasteiger partial charge in [0.2, 0.25) is 0 Å². The van der Waals surface area contributed by atoms with Gasteiger partial charge in [0.1, 0.15) is 5.75 Å². The summed E-state index contributed by atoms with van der Waals surface area (Å²) in [6.07, 6.45) is 0. The normalized spacial score (nSPS) is 10.1. The summed E-state index contributed by atoms with van der Waals surface area (Å²) in [6, 6.07) is 12.7. The van der Waals surface area contributed by atoms with Crippen molar-refractivity contribution in [3.63, 3.8) is 0 Å². The van der Waals surface area contributed by atoms with E-state index in [1.165, 1.54) is 0 Å². The van der Waals surface area contributed by atoms with Crippen LogP contribution in [-0.4, -0.2) is 13.0 Å². The fraction of sp³-hybridized carbons (Fsp3) is 0.133. The van der Waals surface area contributed by atoms with Crippen molar-refractivity contribution < 1.29 is 9.53 Å². The molecule has 2 aromatic rings. The Morgan fingerprint density at radius 3 is 2.50 bits per heavy atom. The van der Waals surface area contributed by atoms with Crippen LogP contribution < -0.4 is 21.5 Å². The monoisotopic (exact) mass is 271 g/mol. The molecule has 0 spiro atoms. The Morgan fingerprint density at radius 2 is 1.90 bits per heavy atom. The number of carbonyl (C=O) groups excluding carboxylic acids is 1. The Bertz CT molecular complexity index is 609. The van der Waals surface area contributed by atoms with Crippen molar-refractivity contribution in [2.24, 2.45) is 5.73 Å². The summed E-state index contributed by atoms with van der Waals surface area (Å²) < 4.78 is 5.10. The van der Waals surface area contributed by atoms with Gasteiger partial charge in [-0.2, -0.15) is 0 Å². The molecule has 0 saturated carbocycles. The fourth-order valence-electron chi connectivity index (χ4n) is 1.86. The third-order valence-electron chi connectivity index (χ3n) is 2.95. The predicted octanol–water partition coefficient (Wildman–Crippen LogP) is 1.99. The second kappa shape index (κ2) is 5.97. The van der Waals surface area contributed by atoms with Crippen LogP contribution in [0.15, 0.2) is 42.5 Å². The van der Waals surface area contributed by atoms with E-state index in [9.17, 15) is 4.79 Å². The molecular formula is C15H17N3O2. The van der Waals surface area contributed by atoms with Gasteiger partial charge in [0.05, 0.1) is 12.7 Å². The quantitative estimate of drug-likeness (QED) is 0.725. The average Bonchev–Trinajstić information content (AvgIpc) is 2.46. The van der Waals surface area contributed by atoms with Crippen LogP contribution in [0.25, 0.3) is 0 Å². The van der Waals surface area contributed by atoms with Crippen LogP contribution in [0.5, 0.6) is 5.75 Å². The predicted molar refractivity (Wildman–Crippen MR) is 79.7 cm³/mol. The molecule has 20 heavy (non-hydrogen) atoms. The van der Waals surface area contributed by atoms with Crippen LogP contribution in [0.4, 0.5) is 11.4 Å². The summed E-state index contributed by atoms with van der Waals surface area (Å²) in [5.74, 6) is 0.300. The van der Waals surface area contributed by atoms with Crippen LogP contribution >= 0.6 is 0 Å². The lowest BCUT2D eigenvalue weighted by molar-refractivity contribution is 0.100. The Hall–Kier alpha value is -2.69. The first-order chi connectivity index (χ1) is 9.60. The van der Waals surface area contributed by atoms with Crippen molar-refractivity contribution in [3.8, 4) is 5.75 Å². The number of hydrogen-bond acceptors (Lipinski definition) is 4. The van der Waals surface area contributed by atoms with E-state index in [1.807, 2.05) is 24.3 Å². The lowest BCUT2D eigenvalue weighted by Crippen LogP contribution is -2.14. The van der Waals surface area contributed by atoms with Crippen molar-refractivity contribution in [1.29, 1.82) is 0 Å². The van der Waals surface area contributed by atoms with Crippen LogP contribution in [0.3, 0.4) is 0 Å². The van der Waals surface area contributed by atoms with Crippen LogP contribution in [-0.2, 0) is 6.54 Å². The van der Waals surface area contributed by atoms with Gasteiger partial charge in [-0.05, 0) is 35.9 Å². The van der Waals surface area contributed by atoms with Gasteiger partial charge in [0.15, 0.2) is 0 Å². The van der Waals surface area contributed by atoms with Gasteiger partial charge in [-0.25, -0.2) is 0 Å². The number of anilines is 2. The molecular weight excluding hydrogens is 254 g/mol. The third-order valence-corrected chi connectivity index (χ3v) is 2.95. The molecule has 0 heterocycles. The lowest BCUT2D eigenvalue weighted by atomic mass is 10.1. The number of amides is 1. The molecule has 5 nitrogen and oxygen atoms in total. The molecule has 5 N–H and O–H groups in total. The summed E-state index contributed by atoms with van der Waals surface area (Å²) in [5.41, 5.74) is 13.6. The van der Waals surface area contributed by atoms with Gasteiger partial charge < -0.3 is 21.5 Å². The van der Waals surface area contributed by atoms with Crippen molar-refractivity contribution >= 4 is 17.3 Å². The lowest BCUT2D eigenvalue weighted by Gasteiger charge is -2.11. The summed E-state index contributed by atoms with van der Waals surface area (Å²) in [7, 11) is 1.63. The number of rotatable bonds is 5. The zero-order valence-corrected chi connectivity index (χ0v) is 11.2. The molecule has 2 aromatic carbocycles. The van der Waals surface area contributed by atoms with Crippen LogP contribution in [0, 0.1) is 0 Å². The minimum absolute atomic E-state index is 0.388. The number of nitrogen functional groups attached to an aromatic ring is 1. The van der Waals surface area contributed by atoms with Crippen molar-refractivity contribution in [2.75, 3.05) is 18.2 Å². The number of ether oxygens (including phenoxy) is 1. The van der Waals surface area contributed by atoms with Gasteiger partial charge in [0.25, 0.3) is 5.91 Å². The highest BCUT2D eigenvalue weighted by Gasteiger charge is 2.08. The maximum atomic E-state index is 11.4. The van der Waals surface area contributed by atoms with Crippen LogP contribution in [0.2, 0.25) is 0 Å². The number of benzene rings is 2. The Labute approximate surface area is 117 Å². The largest absolute Gasteiger partial charge is 0.497 e. The topological polar surface area (TPSA) is 90.4 Å². The molecule has 0 aliphatic rings. The molecule has 0 fully saturated rings. The van der Waals surface area contributed by atoms with Crippen molar-refractivity contribution in [1.82, 2.24) is 0 Å². The summed E-state index contributed by atoms with van der Waals surface area (Å²) in [4.78, 5) is 11.4. The average molecular weight is 271 g/mol. The summed E-state index contributed by atoms with van der Waals surface area (Å²) >= 11 is 0. The molecule has 0 bridgehead atoms. The second-order valence-electron chi connectivity index (χ2n) is 4.37. The van der Waals surface area contributed by atoms with E-state index >= 15 is 0 Å². The zero-order valence-electron chi connectivity index (χ0n) is 11.2. The highest BCUT2D eigenvalue weighted by molar-refractivity contribution is 5.99. The van der Waals surface area contributed by atoms with E-state index in [0.29, 0.717) is 23.5 Å². The molecule has 0 aliphatic heterocycles. The number of nitrogens with two attached hydrogens (primary N) is 2. The number of primary amides is 1. The number of nitrogens with one attached hydrogen (secondary N) is 1. The molecule has 2 rings (SSSR count). The highest BCUT2D eigenvalue weighted by atomic mass is 16.5. The van der Waals surface area contributed by atoms with E-state index in [2.05, 4.69) is 5.32 Å². The smallest absolute Gasteiger partial charge is 0.250 e. The maximum Gasteiger partial charge on any atom is 0.250 e. The van der Waals surface area contributed by atoms with E-state index in [0.717, 1.165) is 11.3 Å². The Kier molecular flexibility index (Phi) is 4.10. The van der Waals surface area contributed by atoms with Crippen molar-refractivity contribution in [2.45, 2.75) is 6.54 Å². The maximum absolute atomic E-state index is 11.4. The van der Waals surface area contributed by atoms with E-state index in [-0.39, 0.29) is 0 Å². The first-order valence-corrected chi connectivity index (χ1v) is 6.16. The minimum Gasteiger partial charge on any atom is -0.497 e. The minimum atomic E-state index is -0.505. The Balaban J connectivity index is 2.12. The van der Waals surface area contributed by atoms with Crippen LogP contribution in [0.1, 0.15) is 15.9 Å². The molecule has 0 aromatic heterocycles.